The second-order valence-electron chi connectivity index (χ2n) is 10.9. The highest BCUT2D eigenvalue weighted by molar-refractivity contribution is 7.63. The predicted molar refractivity (Wildman–Crippen MR) is 157 cm³/mol. The molecule has 0 unspecified atom stereocenters. The van der Waals surface area contributed by atoms with Crippen molar-refractivity contribution in [3.8, 4) is 0 Å². The van der Waals surface area contributed by atoms with E-state index in [2.05, 4.69) is 15.3 Å². The van der Waals surface area contributed by atoms with Gasteiger partial charge in [0.2, 0.25) is 5.95 Å². The highest BCUT2D eigenvalue weighted by atomic mass is 31.2. The van der Waals surface area contributed by atoms with E-state index in [-0.39, 0.29) is 23.1 Å². The number of aromatic nitrogens is 3. The number of rotatable bonds is 7. The molecule has 39 heavy (non-hydrogen) atoms. The number of pyridine rings is 1. The van der Waals surface area contributed by atoms with Crippen molar-refractivity contribution in [2.45, 2.75) is 39.5 Å². The number of aromatic amines is 1. The van der Waals surface area contributed by atoms with E-state index in [4.69, 9.17) is 0 Å². The smallest absolute Gasteiger partial charge is 0.258 e. The van der Waals surface area contributed by atoms with Crippen LogP contribution in [0, 0.1) is 25.6 Å². The topological polar surface area (TPSA) is 96.8 Å². The minimum Gasteiger partial charge on any atom is -0.325 e. The number of hydrogen-bond donors (Lipinski definition) is 2. The first-order chi connectivity index (χ1) is 18.5. The van der Waals surface area contributed by atoms with Gasteiger partial charge in [-0.1, -0.05) is 12.1 Å². The maximum Gasteiger partial charge on any atom is 0.258 e. The van der Waals surface area contributed by atoms with E-state index in [1.54, 1.807) is 6.07 Å². The summed E-state index contributed by atoms with van der Waals surface area (Å²) in [5.41, 5.74) is 4.32. The second-order valence-corrected chi connectivity index (χ2v) is 14.3. The molecule has 9 heteroatoms. The summed E-state index contributed by atoms with van der Waals surface area (Å²) >= 11 is 0. The Morgan fingerprint density at radius 3 is 2.69 bits per heavy atom. The van der Waals surface area contributed by atoms with E-state index < -0.39 is 7.14 Å². The van der Waals surface area contributed by atoms with Gasteiger partial charge in [0.05, 0.1) is 23.6 Å². The maximum absolute atomic E-state index is 13.5. The molecule has 3 heterocycles. The first kappa shape index (κ1) is 27.1. The molecule has 7 nitrogen and oxygen atoms in total. The van der Waals surface area contributed by atoms with Crippen LogP contribution in [0.15, 0.2) is 41.2 Å². The van der Waals surface area contributed by atoms with Crippen LogP contribution in [0.5, 0.6) is 0 Å². The van der Waals surface area contributed by atoms with E-state index in [1.807, 2.05) is 56.4 Å². The second kappa shape index (κ2) is 10.6. The lowest BCUT2D eigenvalue weighted by atomic mass is 9.94. The van der Waals surface area contributed by atoms with Crippen molar-refractivity contribution in [1.82, 2.24) is 14.5 Å². The molecule has 2 N–H and O–H groups in total. The number of H-pyrrole nitrogens is 1. The summed E-state index contributed by atoms with van der Waals surface area (Å²) in [4.78, 5) is 33.6. The minimum atomic E-state index is -2.02. The van der Waals surface area contributed by atoms with Crippen molar-refractivity contribution in [1.29, 1.82) is 0 Å². The van der Waals surface area contributed by atoms with Gasteiger partial charge in [-0.25, -0.2) is 9.37 Å². The van der Waals surface area contributed by atoms with E-state index >= 15 is 0 Å². The number of aryl methyl sites for hydroxylation is 3. The number of allylic oxidation sites excluding steroid dienone is 1. The number of imidazole rings is 1. The van der Waals surface area contributed by atoms with Crippen LogP contribution in [-0.4, -0.2) is 39.3 Å². The van der Waals surface area contributed by atoms with Crippen LogP contribution < -0.4 is 10.9 Å². The van der Waals surface area contributed by atoms with E-state index in [1.165, 1.54) is 12.1 Å². The largest absolute Gasteiger partial charge is 0.325 e. The molecule has 0 spiro atoms. The molecule has 0 aliphatic carbocycles. The number of fused-ring (bicyclic) bond motifs is 3. The summed E-state index contributed by atoms with van der Waals surface area (Å²) in [7, 11) is -0.176. The number of carbonyl (C=O) groups excluding carboxylic acids is 1. The van der Waals surface area contributed by atoms with Gasteiger partial charge in [-0.2, -0.15) is 0 Å². The van der Waals surface area contributed by atoms with Gasteiger partial charge in [-0.05, 0) is 86.6 Å². The van der Waals surface area contributed by atoms with Crippen molar-refractivity contribution in [3.05, 3.63) is 69.4 Å². The van der Waals surface area contributed by atoms with Gasteiger partial charge in [0.25, 0.3) is 5.56 Å². The van der Waals surface area contributed by atoms with Crippen LogP contribution in [0.3, 0.4) is 0 Å². The van der Waals surface area contributed by atoms with Crippen LogP contribution in [-0.2, 0) is 16.4 Å². The number of nitrogens with one attached hydrogen (secondary N) is 2. The lowest BCUT2D eigenvalue weighted by Crippen LogP contribution is -2.21. The van der Waals surface area contributed by atoms with E-state index in [9.17, 15) is 18.5 Å². The SMILES string of the molecule is Cc1cc(F)ccc1Nc1nc2ccc3c(C)c(/C=C/CCC(=O)C4CCP(C)(=O)CC4)[nH]c(=O)c3c2n1C. The maximum atomic E-state index is 13.5. The van der Waals surface area contributed by atoms with Gasteiger partial charge in [-0.3, -0.25) is 9.59 Å². The Balaban J connectivity index is 1.38. The Labute approximate surface area is 226 Å². The predicted octanol–water partition coefficient (Wildman–Crippen LogP) is 6.68. The monoisotopic (exact) mass is 548 g/mol. The van der Waals surface area contributed by atoms with Crippen LogP contribution in [0.1, 0.15) is 42.5 Å². The molecule has 204 valence electrons. The van der Waals surface area contributed by atoms with Crippen LogP contribution in [0.2, 0.25) is 0 Å². The molecule has 1 saturated heterocycles. The molecule has 0 bridgehead atoms. The molecule has 0 saturated carbocycles. The first-order valence-electron chi connectivity index (χ1n) is 13.3. The third kappa shape index (κ3) is 5.48. The number of carbonyl (C=O) groups is 1. The van der Waals surface area contributed by atoms with E-state index in [0.717, 1.165) is 35.0 Å². The molecule has 1 aliphatic heterocycles. The average Bonchev–Trinajstić information content (AvgIpc) is 3.20. The van der Waals surface area contributed by atoms with Crippen molar-refractivity contribution in [2.24, 2.45) is 13.0 Å². The molecule has 1 aliphatic rings. The van der Waals surface area contributed by atoms with Crippen LogP contribution >= 0.6 is 7.14 Å². The molecule has 2 aromatic carbocycles. The van der Waals surface area contributed by atoms with Crippen LogP contribution in [0.4, 0.5) is 16.0 Å². The fraction of sp³-hybridized carbons (Fsp3) is 0.367. The zero-order chi connectivity index (χ0) is 27.9. The van der Waals surface area contributed by atoms with Crippen molar-refractivity contribution < 1.29 is 13.8 Å². The summed E-state index contributed by atoms with van der Waals surface area (Å²) in [6.07, 6.45) is 7.66. The van der Waals surface area contributed by atoms with Crippen molar-refractivity contribution in [2.75, 3.05) is 24.3 Å². The quantitative estimate of drug-likeness (QED) is 0.251. The van der Waals surface area contributed by atoms with Crippen LogP contribution in [0.25, 0.3) is 27.9 Å². The Hall–Kier alpha value is -3.51. The van der Waals surface area contributed by atoms with Gasteiger partial charge < -0.3 is 19.4 Å². The third-order valence-electron chi connectivity index (χ3n) is 7.95. The number of anilines is 2. The lowest BCUT2D eigenvalue weighted by Gasteiger charge is -2.25. The number of hydrogen-bond acceptors (Lipinski definition) is 5. The lowest BCUT2D eigenvalue weighted by molar-refractivity contribution is -0.123. The Morgan fingerprint density at radius 2 is 1.97 bits per heavy atom. The van der Waals surface area contributed by atoms with Gasteiger partial charge in [0.1, 0.15) is 11.6 Å². The normalized spacial score (nSPS) is 19.8. The minimum absolute atomic E-state index is 0.0234. The molecule has 5 rings (SSSR count). The number of benzene rings is 2. The molecule has 0 radical (unpaired) electrons. The Bertz CT molecular complexity index is 1720. The third-order valence-corrected chi connectivity index (χ3v) is 10.4. The first-order valence-corrected chi connectivity index (χ1v) is 15.9. The number of nitrogens with zero attached hydrogens (tertiary/aromatic N) is 2. The van der Waals surface area contributed by atoms with Crippen molar-refractivity contribution in [3.63, 3.8) is 0 Å². The molecule has 4 aromatic rings. The zero-order valence-corrected chi connectivity index (χ0v) is 23.7. The molecule has 1 fully saturated rings. The molecule has 2 aromatic heterocycles. The molecular formula is C30H34FN4O3P. The highest BCUT2D eigenvalue weighted by Crippen LogP contribution is 2.48. The standard InChI is InChI=1S/C30H34FN4O3P/c1-18-17-21(31)9-11-23(18)33-30-34-25-12-10-22-19(2)24(32-29(37)27(22)28(25)35(30)3)7-5-6-8-26(36)20-13-15-39(4,38)16-14-20/h5,7,9-12,17,20H,6,8,13-16H2,1-4H3,(H,32,37)(H,33,34)/b7-5+. The summed E-state index contributed by atoms with van der Waals surface area (Å²) in [5.74, 6) is 0.514. The summed E-state index contributed by atoms with van der Waals surface area (Å²) in [5, 5.41) is 4.65. The average molecular weight is 549 g/mol. The van der Waals surface area contributed by atoms with Gasteiger partial charge >= 0.3 is 0 Å². The van der Waals surface area contributed by atoms with E-state index in [0.29, 0.717) is 53.2 Å². The summed E-state index contributed by atoms with van der Waals surface area (Å²) < 4.78 is 27.6. The summed E-state index contributed by atoms with van der Waals surface area (Å²) in [6.45, 7) is 5.63. The fourth-order valence-corrected chi connectivity index (χ4v) is 7.44. The Kier molecular flexibility index (Phi) is 7.34. The summed E-state index contributed by atoms with van der Waals surface area (Å²) in [6, 6.07) is 8.34. The molecule has 0 atom stereocenters. The number of halogens is 1. The Morgan fingerprint density at radius 1 is 1.23 bits per heavy atom. The number of ketones is 1. The van der Waals surface area contributed by atoms with Crippen molar-refractivity contribution >= 4 is 52.4 Å². The highest BCUT2D eigenvalue weighted by Gasteiger charge is 2.29. The molecular weight excluding hydrogens is 514 g/mol. The fourth-order valence-electron chi connectivity index (χ4n) is 5.50. The van der Waals surface area contributed by atoms with Gasteiger partial charge in [0.15, 0.2) is 0 Å². The van der Waals surface area contributed by atoms with Gasteiger partial charge in [-0.15, -0.1) is 0 Å². The number of Topliss-reactive ketones (excluding diaryl/α,β-unsaturated/α-hetero) is 1. The molecule has 0 amide bonds. The zero-order valence-electron chi connectivity index (χ0n) is 22.8. The van der Waals surface area contributed by atoms with Gasteiger partial charge in [0, 0.05) is 43.1 Å².